The van der Waals surface area contributed by atoms with Crippen molar-refractivity contribution in [2.24, 2.45) is 11.7 Å². The highest BCUT2D eigenvalue weighted by atomic mass is 32.1. The Morgan fingerprint density at radius 2 is 2.17 bits per heavy atom. The van der Waals surface area contributed by atoms with Crippen molar-refractivity contribution in [1.29, 1.82) is 0 Å². The zero-order chi connectivity index (χ0) is 13.7. The molecular formula is C14H24N2OS. The molecule has 3 nitrogen and oxygen atoms in total. The summed E-state index contributed by atoms with van der Waals surface area (Å²) >= 11 is 1.75. The van der Waals surface area contributed by atoms with Gasteiger partial charge in [0.05, 0.1) is 12.0 Å². The highest BCUT2D eigenvalue weighted by molar-refractivity contribution is 7.12. The summed E-state index contributed by atoms with van der Waals surface area (Å²) < 4.78 is 0. The van der Waals surface area contributed by atoms with E-state index in [1.54, 1.807) is 11.3 Å². The normalized spacial score (nSPS) is 14.3. The average molecular weight is 268 g/mol. The van der Waals surface area contributed by atoms with Crippen LogP contribution in [0.4, 0.5) is 0 Å². The van der Waals surface area contributed by atoms with Gasteiger partial charge in [-0.15, -0.1) is 11.3 Å². The van der Waals surface area contributed by atoms with Gasteiger partial charge in [0.2, 0.25) is 5.91 Å². The van der Waals surface area contributed by atoms with Gasteiger partial charge in [-0.2, -0.15) is 0 Å². The molecule has 2 N–H and O–H groups in total. The first-order chi connectivity index (χ1) is 8.51. The molecule has 1 aromatic heterocycles. The maximum Gasteiger partial charge on any atom is 0.227 e. The van der Waals surface area contributed by atoms with Crippen molar-refractivity contribution in [2.75, 3.05) is 13.6 Å². The van der Waals surface area contributed by atoms with Crippen molar-refractivity contribution in [3.05, 3.63) is 21.9 Å². The lowest BCUT2D eigenvalue weighted by Crippen LogP contribution is -2.37. The fraction of sp³-hybridized carbons (Fsp3) is 0.643. The fourth-order valence-electron chi connectivity index (χ4n) is 2.04. The van der Waals surface area contributed by atoms with E-state index in [1.165, 1.54) is 9.75 Å². The Hall–Kier alpha value is -0.870. The van der Waals surface area contributed by atoms with Crippen LogP contribution in [-0.4, -0.2) is 24.4 Å². The minimum atomic E-state index is -0.0384. The molecule has 4 heteroatoms. The number of carbonyl (C=O) groups is 1. The van der Waals surface area contributed by atoms with Crippen molar-refractivity contribution in [3.63, 3.8) is 0 Å². The van der Waals surface area contributed by atoms with Crippen LogP contribution in [0.2, 0.25) is 0 Å². The summed E-state index contributed by atoms with van der Waals surface area (Å²) in [5.41, 5.74) is 5.70. The number of aryl methyl sites for hydroxylation is 1. The third-order valence-corrected chi connectivity index (χ3v) is 4.54. The first kappa shape index (κ1) is 15.2. The molecule has 0 aliphatic rings. The highest BCUT2D eigenvalue weighted by Crippen LogP contribution is 2.27. The van der Waals surface area contributed by atoms with Crippen molar-refractivity contribution in [3.8, 4) is 0 Å². The molecule has 0 aliphatic heterocycles. The minimum absolute atomic E-state index is 0.0384. The molecule has 0 saturated heterocycles. The smallest absolute Gasteiger partial charge is 0.227 e. The molecule has 0 aliphatic carbocycles. The molecule has 102 valence electrons. The van der Waals surface area contributed by atoms with Crippen LogP contribution in [0.25, 0.3) is 0 Å². The Bertz CT molecular complexity index is 389. The molecule has 0 radical (unpaired) electrons. The first-order valence-electron chi connectivity index (χ1n) is 6.54. The topological polar surface area (TPSA) is 46.3 Å². The second kappa shape index (κ2) is 6.90. The average Bonchev–Trinajstić information content (AvgIpc) is 2.80. The predicted molar refractivity (Wildman–Crippen MR) is 77.7 cm³/mol. The molecule has 0 bridgehead atoms. The molecular weight excluding hydrogens is 244 g/mol. The number of nitrogens with zero attached hydrogens (tertiary/aromatic N) is 1. The lowest BCUT2D eigenvalue weighted by molar-refractivity contribution is -0.136. The second-order valence-electron chi connectivity index (χ2n) is 4.79. The zero-order valence-electron chi connectivity index (χ0n) is 11.8. The van der Waals surface area contributed by atoms with E-state index < -0.39 is 0 Å². The van der Waals surface area contributed by atoms with Gasteiger partial charge in [-0.05, 0) is 32.4 Å². The summed E-state index contributed by atoms with van der Waals surface area (Å²) in [5.74, 6) is 0.126. The van der Waals surface area contributed by atoms with Crippen LogP contribution in [0, 0.1) is 12.8 Å². The monoisotopic (exact) mass is 268 g/mol. The van der Waals surface area contributed by atoms with E-state index in [0.29, 0.717) is 6.54 Å². The fourth-order valence-corrected chi connectivity index (χ4v) is 3.01. The SMILES string of the molecule is CCCC(CN)C(=O)N(C)C(C)c1ccc(C)s1. The molecule has 1 aromatic rings. The number of amides is 1. The Balaban J connectivity index is 2.73. The van der Waals surface area contributed by atoms with E-state index in [9.17, 15) is 4.79 Å². The van der Waals surface area contributed by atoms with Gasteiger partial charge >= 0.3 is 0 Å². The molecule has 0 fully saturated rings. The van der Waals surface area contributed by atoms with Crippen LogP contribution in [0.1, 0.15) is 42.5 Å². The molecule has 1 heterocycles. The third kappa shape index (κ3) is 3.56. The lowest BCUT2D eigenvalue weighted by atomic mass is 10.0. The van der Waals surface area contributed by atoms with Gasteiger partial charge in [-0.3, -0.25) is 4.79 Å². The van der Waals surface area contributed by atoms with E-state index in [-0.39, 0.29) is 17.9 Å². The number of hydrogen-bond acceptors (Lipinski definition) is 3. The number of thiophene rings is 1. The molecule has 0 spiro atoms. The third-order valence-electron chi connectivity index (χ3n) is 3.37. The number of rotatable bonds is 6. The summed E-state index contributed by atoms with van der Waals surface area (Å²) in [6.07, 6.45) is 1.86. The quantitative estimate of drug-likeness (QED) is 0.862. The number of nitrogens with two attached hydrogens (primary N) is 1. The van der Waals surface area contributed by atoms with Crippen molar-refractivity contribution < 1.29 is 4.79 Å². The summed E-state index contributed by atoms with van der Waals surface area (Å²) in [6.45, 7) is 6.68. The Kier molecular flexibility index (Phi) is 5.82. The summed E-state index contributed by atoms with van der Waals surface area (Å²) in [4.78, 5) is 16.7. The second-order valence-corrected chi connectivity index (χ2v) is 6.11. The van der Waals surface area contributed by atoms with E-state index in [1.807, 2.05) is 11.9 Å². The molecule has 2 unspecified atom stereocenters. The van der Waals surface area contributed by atoms with Crippen LogP contribution >= 0.6 is 11.3 Å². The summed E-state index contributed by atoms with van der Waals surface area (Å²) in [5, 5.41) is 0. The summed E-state index contributed by atoms with van der Waals surface area (Å²) in [7, 11) is 1.88. The predicted octanol–water partition coefficient (Wildman–Crippen LogP) is 2.95. The Morgan fingerprint density at radius 3 is 2.61 bits per heavy atom. The molecule has 0 aromatic carbocycles. The molecule has 2 atom stereocenters. The van der Waals surface area contributed by atoms with Gasteiger partial charge in [0.1, 0.15) is 0 Å². The molecule has 1 rings (SSSR count). The van der Waals surface area contributed by atoms with Crippen LogP contribution in [-0.2, 0) is 4.79 Å². The zero-order valence-corrected chi connectivity index (χ0v) is 12.6. The van der Waals surface area contributed by atoms with E-state index in [4.69, 9.17) is 5.73 Å². The Labute approximate surface area is 114 Å². The number of carbonyl (C=O) groups excluding carboxylic acids is 1. The maximum absolute atomic E-state index is 12.3. The van der Waals surface area contributed by atoms with Crippen LogP contribution < -0.4 is 5.73 Å². The molecule has 1 amide bonds. The molecule has 18 heavy (non-hydrogen) atoms. The minimum Gasteiger partial charge on any atom is -0.338 e. The van der Waals surface area contributed by atoms with Gasteiger partial charge in [0.15, 0.2) is 0 Å². The number of hydrogen-bond donors (Lipinski definition) is 1. The first-order valence-corrected chi connectivity index (χ1v) is 7.36. The van der Waals surface area contributed by atoms with Crippen molar-refractivity contribution in [2.45, 2.75) is 39.7 Å². The van der Waals surface area contributed by atoms with E-state index >= 15 is 0 Å². The van der Waals surface area contributed by atoms with Gasteiger partial charge in [-0.25, -0.2) is 0 Å². The van der Waals surface area contributed by atoms with Crippen LogP contribution in [0.3, 0.4) is 0 Å². The highest BCUT2D eigenvalue weighted by Gasteiger charge is 2.24. The van der Waals surface area contributed by atoms with Crippen LogP contribution in [0.15, 0.2) is 12.1 Å². The molecule has 0 saturated carbocycles. The largest absolute Gasteiger partial charge is 0.338 e. The van der Waals surface area contributed by atoms with Crippen molar-refractivity contribution in [1.82, 2.24) is 4.90 Å². The standard InChI is InChI=1S/C14H24N2OS/c1-5-6-12(9-15)14(17)16(4)11(3)13-8-7-10(2)18-13/h7-8,11-12H,5-6,9,15H2,1-4H3. The van der Waals surface area contributed by atoms with Gasteiger partial charge < -0.3 is 10.6 Å². The van der Waals surface area contributed by atoms with Crippen molar-refractivity contribution >= 4 is 17.2 Å². The summed E-state index contributed by atoms with van der Waals surface area (Å²) in [6, 6.07) is 4.33. The maximum atomic E-state index is 12.3. The van der Waals surface area contributed by atoms with Gasteiger partial charge in [0.25, 0.3) is 0 Å². The van der Waals surface area contributed by atoms with Crippen LogP contribution in [0.5, 0.6) is 0 Å². The van der Waals surface area contributed by atoms with E-state index in [2.05, 4.69) is 32.9 Å². The lowest BCUT2D eigenvalue weighted by Gasteiger charge is -2.28. The van der Waals surface area contributed by atoms with E-state index in [0.717, 1.165) is 12.8 Å². The van der Waals surface area contributed by atoms with Gasteiger partial charge in [0, 0.05) is 23.3 Å². The Morgan fingerprint density at radius 1 is 1.50 bits per heavy atom. The van der Waals surface area contributed by atoms with Gasteiger partial charge in [-0.1, -0.05) is 13.3 Å².